The van der Waals surface area contributed by atoms with E-state index in [1.54, 1.807) is 24.4 Å². The first-order valence-electron chi connectivity index (χ1n) is 6.90. The third-order valence-corrected chi connectivity index (χ3v) is 3.77. The van der Waals surface area contributed by atoms with Gasteiger partial charge in [0.15, 0.2) is 0 Å². The molecule has 0 bridgehead atoms. The summed E-state index contributed by atoms with van der Waals surface area (Å²) < 4.78 is 2.06. The number of rotatable bonds is 3. The fraction of sp³-hybridized carbons (Fsp3) is 0.125. The number of amides is 1. The molecule has 0 saturated heterocycles. The molecule has 1 amide bonds. The Bertz CT molecular complexity index is 935. The number of fused-ring (bicyclic) bond motifs is 1. The minimum atomic E-state index is -0.334. The predicted molar refractivity (Wildman–Crippen MR) is 91.3 cm³/mol. The minimum absolute atomic E-state index is 0.121. The molecule has 0 fully saturated rings. The molecule has 2 aromatic heterocycles. The maximum absolute atomic E-state index is 12.4. The summed E-state index contributed by atoms with van der Waals surface area (Å²) in [6.07, 6.45) is 3.04. The molecule has 0 saturated carbocycles. The number of hydrogen-bond donors (Lipinski definition) is 1. The predicted octanol–water partition coefficient (Wildman–Crippen LogP) is 2.50. The highest BCUT2D eigenvalue weighted by atomic mass is 79.9. The van der Waals surface area contributed by atoms with Crippen LogP contribution in [0.25, 0.3) is 10.9 Å². The van der Waals surface area contributed by atoms with Crippen LogP contribution in [0.4, 0.5) is 5.82 Å². The van der Waals surface area contributed by atoms with Crippen LogP contribution in [0.5, 0.6) is 0 Å². The van der Waals surface area contributed by atoms with Crippen molar-refractivity contribution in [3.63, 3.8) is 0 Å². The number of pyridine rings is 1. The number of carbonyl (C=O) groups excluding carboxylic acids is 1. The van der Waals surface area contributed by atoms with Crippen LogP contribution in [-0.4, -0.2) is 20.4 Å². The lowest BCUT2D eigenvalue weighted by Gasteiger charge is -2.08. The van der Waals surface area contributed by atoms with E-state index in [0.717, 1.165) is 10.0 Å². The Hall–Kier alpha value is -2.54. The highest BCUT2D eigenvalue weighted by Gasteiger charge is 2.09. The zero-order valence-corrected chi connectivity index (χ0v) is 13.9. The summed E-state index contributed by atoms with van der Waals surface area (Å²) in [7, 11) is 0. The second-order valence-corrected chi connectivity index (χ2v) is 6.02. The molecule has 0 aliphatic heterocycles. The van der Waals surface area contributed by atoms with Gasteiger partial charge in [-0.25, -0.2) is 9.97 Å². The van der Waals surface area contributed by atoms with Crippen LogP contribution >= 0.6 is 15.9 Å². The Labute approximate surface area is 140 Å². The van der Waals surface area contributed by atoms with Gasteiger partial charge < -0.3 is 5.32 Å². The minimum Gasteiger partial charge on any atom is -0.309 e. The van der Waals surface area contributed by atoms with Crippen LogP contribution in [0, 0.1) is 6.92 Å². The average Bonchev–Trinajstić information content (AvgIpc) is 2.53. The molecule has 1 N–H and O–H groups in total. The van der Waals surface area contributed by atoms with E-state index < -0.39 is 0 Å². The molecule has 7 heteroatoms. The number of benzene rings is 1. The quantitative estimate of drug-likeness (QED) is 0.766. The highest BCUT2D eigenvalue weighted by molar-refractivity contribution is 9.10. The monoisotopic (exact) mass is 372 g/mol. The van der Waals surface area contributed by atoms with Crippen molar-refractivity contribution in [1.29, 1.82) is 0 Å². The maximum atomic E-state index is 12.4. The van der Waals surface area contributed by atoms with Gasteiger partial charge in [-0.2, -0.15) is 0 Å². The number of aromatic nitrogens is 3. The number of hydrogen-bond acceptors (Lipinski definition) is 4. The van der Waals surface area contributed by atoms with Crippen LogP contribution in [0.1, 0.15) is 5.56 Å². The first kappa shape index (κ1) is 15.4. The second-order valence-electron chi connectivity index (χ2n) is 5.11. The van der Waals surface area contributed by atoms with E-state index in [4.69, 9.17) is 0 Å². The standard InChI is InChI=1S/C16H13BrN4O2/c1-10-2-5-14(18-7-10)20-15(22)8-21-9-19-13-4-3-11(17)6-12(13)16(21)23/h2-7,9H,8H2,1H3,(H,18,20,22). The molecule has 3 aromatic rings. The lowest BCUT2D eigenvalue weighted by molar-refractivity contribution is -0.116. The van der Waals surface area contributed by atoms with E-state index in [-0.39, 0.29) is 18.0 Å². The Kier molecular flexibility index (Phi) is 4.20. The first-order valence-corrected chi connectivity index (χ1v) is 7.69. The van der Waals surface area contributed by atoms with Gasteiger partial charge in [0.2, 0.25) is 5.91 Å². The maximum Gasteiger partial charge on any atom is 0.261 e. The third kappa shape index (κ3) is 3.45. The van der Waals surface area contributed by atoms with E-state index in [0.29, 0.717) is 16.7 Å². The summed E-state index contributed by atoms with van der Waals surface area (Å²) >= 11 is 3.33. The summed E-state index contributed by atoms with van der Waals surface area (Å²) in [6.45, 7) is 1.79. The third-order valence-electron chi connectivity index (χ3n) is 3.28. The molecule has 3 rings (SSSR count). The van der Waals surface area contributed by atoms with Gasteiger partial charge in [0.05, 0.1) is 17.2 Å². The molecule has 116 valence electrons. The molecule has 0 unspecified atom stereocenters. The molecule has 0 aliphatic carbocycles. The summed E-state index contributed by atoms with van der Waals surface area (Å²) in [5.74, 6) is 0.116. The van der Waals surface area contributed by atoms with Crippen molar-refractivity contribution in [1.82, 2.24) is 14.5 Å². The first-order chi connectivity index (χ1) is 11.0. The molecule has 2 heterocycles. The number of carbonyl (C=O) groups is 1. The molecule has 1 aromatic carbocycles. The summed E-state index contributed by atoms with van der Waals surface area (Å²) in [5.41, 5.74) is 1.34. The van der Waals surface area contributed by atoms with Gasteiger partial charge in [0.25, 0.3) is 5.56 Å². The van der Waals surface area contributed by atoms with Crippen LogP contribution in [0.2, 0.25) is 0 Å². The van der Waals surface area contributed by atoms with Crippen molar-refractivity contribution < 1.29 is 4.79 Å². The van der Waals surface area contributed by atoms with E-state index in [9.17, 15) is 9.59 Å². The van der Waals surface area contributed by atoms with Gasteiger partial charge in [-0.15, -0.1) is 0 Å². The Morgan fingerprint density at radius 2 is 2.09 bits per heavy atom. The number of halogens is 1. The molecular weight excluding hydrogens is 360 g/mol. The number of aryl methyl sites for hydroxylation is 1. The van der Waals surface area contributed by atoms with Crippen LogP contribution in [0.15, 0.2) is 52.1 Å². The zero-order chi connectivity index (χ0) is 16.4. The molecule has 0 aliphatic rings. The smallest absolute Gasteiger partial charge is 0.261 e. The Morgan fingerprint density at radius 3 is 2.83 bits per heavy atom. The van der Waals surface area contributed by atoms with Gasteiger partial charge in [0, 0.05) is 10.7 Å². The van der Waals surface area contributed by atoms with Crippen LogP contribution in [0.3, 0.4) is 0 Å². The normalized spacial score (nSPS) is 10.7. The second kappa shape index (κ2) is 6.29. The van der Waals surface area contributed by atoms with Crippen molar-refractivity contribution >= 4 is 38.6 Å². The molecule has 0 atom stereocenters. The van der Waals surface area contributed by atoms with Crippen LogP contribution < -0.4 is 10.9 Å². The lowest BCUT2D eigenvalue weighted by Crippen LogP contribution is -2.28. The Balaban J connectivity index is 1.83. The average molecular weight is 373 g/mol. The zero-order valence-electron chi connectivity index (χ0n) is 12.3. The Morgan fingerprint density at radius 1 is 1.26 bits per heavy atom. The topological polar surface area (TPSA) is 76.9 Å². The van der Waals surface area contributed by atoms with Crippen molar-refractivity contribution in [2.75, 3.05) is 5.32 Å². The van der Waals surface area contributed by atoms with Gasteiger partial charge in [-0.3, -0.25) is 14.2 Å². The van der Waals surface area contributed by atoms with Crippen molar-refractivity contribution in [2.45, 2.75) is 13.5 Å². The van der Waals surface area contributed by atoms with E-state index in [1.807, 2.05) is 19.1 Å². The summed E-state index contributed by atoms with van der Waals surface area (Å²) in [6, 6.07) is 8.83. The number of nitrogens with zero attached hydrogens (tertiary/aromatic N) is 3. The molecule has 23 heavy (non-hydrogen) atoms. The van der Waals surface area contributed by atoms with Crippen LogP contribution in [-0.2, 0) is 11.3 Å². The fourth-order valence-corrected chi connectivity index (χ4v) is 2.48. The number of anilines is 1. The van der Waals surface area contributed by atoms with E-state index in [1.165, 1.54) is 10.9 Å². The molecule has 0 radical (unpaired) electrons. The highest BCUT2D eigenvalue weighted by Crippen LogP contribution is 2.14. The summed E-state index contributed by atoms with van der Waals surface area (Å²) in [5, 5.41) is 3.12. The largest absolute Gasteiger partial charge is 0.309 e. The van der Waals surface area contributed by atoms with Gasteiger partial charge >= 0.3 is 0 Å². The fourth-order valence-electron chi connectivity index (χ4n) is 2.12. The van der Waals surface area contributed by atoms with E-state index >= 15 is 0 Å². The molecule has 0 spiro atoms. The van der Waals surface area contributed by atoms with Gasteiger partial charge in [0.1, 0.15) is 12.4 Å². The summed E-state index contributed by atoms with van der Waals surface area (Å²) in [4.78, 5) is 32.8. The van der Waals surface area contributed by atoms with Gasteiger partial charge in [-0.1, -0.05) is 22.0 Å². The molecule has 6 nitrogen and oxygen atoms in total. The van der Waals surface area contributed by atoms with Crippen molar-refractivity contribution in [3.8, 4) is 0 Å². The van der Waals surface area contributed by atoms with Crippen molar-refractivity contribution in [3.05, 3.63) is 63.2 Å². The van der Waals surface area contributed by atoms with Gasteiger partial charge in [-0.05, 0) is 36.8 Å². The molecular formula is C16H13BrN4O2. The number of nitrogens with one attached hydrogen (secondary N) is 1. The SMILES string of the molecule is Cc1ccc(NC(=O)Cn2cnc3ccc(Br)cc3c2=O)nc1. The lowest BCUT2D eigenvalue weighted by atomic mass is 10.2. The van der Waals surface area contributed by atoms with Crippen molar-refractivity contribution in [2.24, 2.45) is 0 Å². The van der Waals surface area contributed by atoms with E-state index in [2.05, 4.69) is 31.2 Å².